The Morgan fingerprint density at radius 1 is 1.36 bits per heavy atom. The topological polar surface area (TPSA) is 109 Å². The molecule has 0 amide bonds. The molecule has 148 valence electrons. The molecule has 0 bridgehead atoms. The summed E-state index contributed by atoms with van der Waals surface area (Å²) >= 11 is 0. The minimum atomic E-state index is -1.20. The van der Waals surface area contributed by atoms with Crippen LogP contribution >= 0.6 is 0 Å². The fourth-order valence-electron chi connectivity index (χ4n) is 3.18. The smallest absolute Gasteiger partial charge is 0.223 e. The number of ether oxygens (including phenoxy) is 1. The highest BCUT2D eigenvalue weighted by Crippen LogP contribution is 2.30. The molecule has 4 heterocycles. The second-order valence-corrected chi connectivity index (χ2v) is 7.22. The molecule has 28 heavy (non-hydrogen) atoms. The summed E-state index contributed by atoms with van der Waals surface area (Å²) in [7, 11) is 1.52. The number of anilines is 1. The quantitative estimate of drug-likeness (QED) is 0.598. The number of aromatic nitrogens is 5. The Bertz CT molecular complexity index is 1000. The monoisotopic (exact) mass is 387 g/mol. The van der Waals surface area contributed by atoms with Gasteiger partial charge in [-0.3, -0.25) is 0 Å². The van der Waals surface area contributed by atoms with Crippen molar-refractivity contribution in [2.45, 2.75) is 31.7 Å². The Morgan fingerprint density at radius 3 is 2.86 bits per heavy atom. The Kier molecular flexibility index (Phi) is 4.60. The highest BCUT2D eigenvalue weighted by molar-refractivity contribution is 5.61. The van der Waals surface area contributed by atoms with Crippen molar-refractivity contribution in [3.63, 3.8) is 0 Å². The van der Waals surface area contributed by atoms with Crippen molar-refractivity contribution in [1.29, 1.82) is 0 Å². The van der Waals surface area contributed by atoms with Crippen molar-refractivity contribution >= 4 is 11.6 Å². The Balaban J connectivity index is 1.74. The first-order valence-corrected chi connectivity index (χ1v) is 8.97. The van der Waals surface area contributed by atoms with Crippen molar-refractivity contribution in [1.82, 2.24) is 29.9 Å². The van der Waals surface area contributed by atoms with Crippen molar-refractivity contribution < 1.29 is 14.2 Å². The van der Waals surface area contributed by atoms with Gasteiger partial charge in [0.2, 0.25) is 5.95 Å². The molecular formula is C18H22FN7O2. The zero-order valence-corrected chi connectivity index (χ0v) is 15.8. The van der Waals surface area contributed by atoms with Crippen LogP contribution in [0.1, 0.15) is 19.5 Å². The van der Waals surface area contributed by atoms with E-state index in [1.807, 2.05) is 0 Å². The Hall–Kier alpha value is -2.85. The van der Waals surface area contributed by atoms with Gasteiger partial charge in [0.1, 0.15) is 28.9 Å². The number of rotatable bonds is 5. The van der Waals surface area contributed by atoms with Gasteiger partial charge in [0.05, 0.1) is 25.0 Å². The SMILES string of the molecule is COc1cc2ncc(-c3ccnc(N[C@H]4CNC[C@@H]4F)n3)n2nc1C(C)(C)O. The second-order valence-electron chi connectivity index (χ2n) is 7.22. The van der Waals surface area contributed by atoms with E-state index in [1.54, 1.807) is 42.9 Å². The van der Waals surface area contributed by atoms with E-state index in [9.17, 15) is 9.50 Å². The largest absolute Gasteiger partial charge is 0.495 e. The molecule has 0 spiro atoms. The number of imidazole rings is 1. The Labute approximate surface area is 161 Å². The number of fused-ring (bicyclic) bond motifs is 1. The van der Waals surface area contributed by atoms with Gasteiger partial charge >= 0.3 is 0 Å². The van der Waals surface area contributed by atoms with Crippen LogP contribution in [0.3, 0.4) is 0 Å². The highest BCUT2D eigenvalue weighted by Gasteiger charge is 2.28. The van der Waals surface area contributed by atoms with Crippen LogP contribution in [0, 0.1) is 0 Å². The molecule has 1 aliphatic heterocycles. The summed E-state index contributed by atoms with van der Waals surface area (Å²) in [5, 5.41) is 21.0. The Morgan fingerprint density at radius 2 is 2.18 bits per heavy atom. The predicted octanol–water partition coefficient (Wildman–Crippen LogP) is 1.14. The molecule has 0 unspecified atom stereocenters. The number of hydrogen-bond acceptors (Lipinski definition) is 8. The summed E-state index contributed by atoms with van der Waals surface area (Å²) in [6.45, 7) is 4.10. The number of nitrogens with zero attached hydrogens (tertiary/aromatic N) is 5. The molecule has 0 radical (unpaired) electrons. The summed E-state index contributed by atoms with van der Waals surface area (Å²) in [5.74, 6) is 0.782. The lowest BCUT2D eigenvalue weighted by Gasteiger charge is -2.19. The lowest BCUT2D eigenvalue weighted by Crippen LogP contribution is -2.30. The maximum Gasteiger partial charge on any atom is 0.223 e. The molecule has 1 fully saturated rings. The number of hydrogen-bond donors (Lipinski definition) is 3. The normalized spacial score (nSPS) is 19.9. The minimum Gasteiger partial charge on any atom is -0.495 e. The minimum absolute atomic E-state index is 0.316. The molecular weight excluding hydrogens is 365 g/mol. The maximum atomic E-state index is 13.8. The van der Waals surface area contributed by atoms with Crippen molar-refractivity contribution in [3.05, 3.63) is 30.2 Å². The average molecular weight is 387 g/mol. The molecule has 1 aliphatic rings. The zero-order chi connectivity index (χ0) is 19.9. The van der Waals surface area contributed by atoms with Crippen LogP contribution in [0.5, 0.6) is 5.75 Å². The van der Waals surface area contributed by atoms with Crippen LogP contribution in [-0.4, -0.2) is 62.1 Å². The predicted molar refractivity (Wildman–Crippen MR) is 101 cm³/mol. The summed E-state index contributed by atoms with van der Waals surface area (Å²) in [6, 6.07) is 3.06. The van der Waals surface area contributed by atoms with E-state index in [4.69, 9.17) is 4.74 Å². The van der Waals surface area contributed by atoms with Gasteiger partial charge in [-0.2, -0.15) is 5.10 Å². The number of methoxy groups -OCH3 is 1. The lowest BCUT2D eigenvalue weighted by molar-refractivity contribution is 0.0694. The van der Waals surface area contributed by atoms with Crippen molar-refractivity contribution in [2.24, 2.45) is 0 Å². The lowest BCUT2D eigenvalue weighted by atomic mass is 10.0. The van der Waals surface area contributed by atoms with E-state index in [0.717, 1.165) is 0 Å². The molecule has 9 nitrogen and oxygen atoms in total. The van der Waals surface area contributed by atoms with Gasteiger partial charge in [-0.15, -0.1) is 0 Å². The molecule has 3 aromatic heterocycles. The van der Waals surface area contributed by atoms with Crippen molar-refractivity contribution in [2.75, 3.05) is 25.5 Å². The summed E-state index contributed by atoms with van der Waals surface area (Å²) in [5.41, 5.74) is 0.925. The average Bonchev–Trinajstić information content (AvgIpc) is 3.26. The molecule has 10 heteroatoms. The molecule has 2 atom stereocenters. The first-order valence-electron chi connectivity index (χ1n) is 8.97. The van der Waals surface area contributed by atoms with E-state index >= 15 is 0 Å². The second kappa shape index (κ2) is 6.95. The first-order chi connectivity index (χ1) is 13.4. The molecule has 4 rings (SSSR count). The molecule has 3 aromatic rings. The van der Waals surface area contributed by atoms with E-state index in [1.165, 1.54) is 7.11 Å². The third-order valence-electron chi connectivity index (χ3n) is 4.63. The fraction of sp³-hybridized carbons (Fsp3) is 0.444. The van der Waals surface area contributed by atoms with E-state index in [2.05, 4.69) is 30.7 Å². The van der Waals surface area contributed by atoms with Crippen LogP contribution in [0.15, 0.2) is 24.5 Å². The molecule has 1 saturated heterocycles. The third-order valence-corrected chi connectivity index (χ3v) is 4.63. The third kappa shape index (κ3) is 3.36. The number of halogens is 1. The maximum absolute atomic E-state index is 13.8. The van der Waals surface area contributed by atoms with E-state index in [-0.39, 0.29) is 6.04 Å². The van der Waals surface area contributed by atoms with Gasteiger partial charge in [0, 0.05) is 25.4 Å². The first kappa shape index (κ1) is 18.5. The number of aliphatic hydroxyl groups is 1. The van der Waals surface area contributed by atoms with Crippen LogP contribution in [0.2, 0.25) is 0 Å². The van der Waals surface area contributed by atoms with Gasteiger partial charge in [-0.1, -0.05) is 0 Å². The zero-order valence-electron chi connectivity index (χ0n) is 15.8. The molecule has 0 aliphatic carbocycles. The highest BCUT2D eigenvalue weighted by atomic mass is 19.1. The van der Waals surface area contributed by atoms with E-state index in [0.29, 0.717) is 47.5 Å². The van der Waals surface area contributed by atoms with Crippen LogP contribution < -0.4 is 15.4 Å². The molecule has 0 saturated carbocycles. The van der Waals surface area contributed by atoms with E-state index < -0.39 is 11.8 Å². The summed E-state index contributed by atoms with van der Waals surface area (Å²) in [6.07, 6.45) is 2.24. The fourth-order valence-corrected chi connectivity index (χ4v) is 3.18. The van der Waals surface area contributed by atoms with Gasteiger partial charge in [-0.05, 0) is 19.9 Å². The van der Waals surface area contributed by atoms with Gasteiger partial charge in [0.25, 0.3) is 0 Å². The standard InChI is InChI=1S/C18H22FN7O2/c1-18(2,27)16-14(28-3)6-15-22-9-13(26(15)25-16)11-4-5-21-17(23-11)24-12-8-20-7-10(12)19/h4-6,9-10,12,20,27H,7-8H2,1-3H3,(H,21,23,24)/t10-,12-/m0/s1. The van der Waals surface area contributed by atoms with Crippen LogP contribution in [-0.2, 0) is 5.60 Å². The molecule has 0 aromatic carbocycles. The number of nitrogens with one attached hydrogen (secondary N) is 2. The molecule has 3 N–H and O–H groups in total. The van der Waals surface area contributed by atoms with Gasteiger partial charge in [-0.25, -0.2) is 23.9 Å². The van der Waals surface area contributed by atoms with Gasteiger partial charge < -0.3 is 20.5 Å². The van der Waals surface area contributed by atoms with Crippen LogP contribution in [0.25, 0.3) is 17.0 Å². The van der Waals surface area contributed by atoms with Crippen molar-refractivity contribution in [3.8, 4) is 17.1 Å². The summed E-state index contributed by atoms with van der Waals surface area (Å²) in [4.78, 5) is 13.0. The number of alkyl halides is 1. The summed E-state index contributed by atoms with van der Waals surface area (Å²) < 4.78 is 20.8. The van der Waals surface area contributed by atoms with Crippen LogP contribution in [0.4, 0.5) is 10.3 Å². The van der Waals surface area contributed by atoms with Gasteiger partial charge in [0.15, 0.2) is 5.65 Å².